The molecule has 0 aliphatic carbocycles. The highest BCUT2D eigenvalue weighted by Crippen LogP contribution is 2.28. The Morgan fingerprint density at radius 1 is 1.32 bits per heavy atom. The molecule has 0 spiro atoms. The fourth-order valence-electron chi connectivity index (χ4n) is 3.10. The number of likely N-dealkylation sites (tertiary alicyclic amines) is 1. The molecule has 1 saturated heterocycles. The number of halogens is 3. The van der Waals surface area contributed by atoms with Gasteiger partial charge in [0, 0.05) is 24.8 Å². The number of alkyl halides is 3. The predicted octanol–water partition coefficient (Wildman–Crippen LogP) is 2.77. The van der Waals surface area contributed by atoms with Crippen LogP contribution in [0.5, 0.6) is 0 Å². The maximum Gasteiger partial charge on any atom is 0.453 e. The lowest BCUT2D eigenvalue weighted by atomic mass is 10.0. The van der Waals surface area contributed by atoms with E-state index in [-0.39, 0.29) is 5.65 Å². The first-order chi connectivity index (χ1) is 10.5. The number of hydrogen-bond acceptors (Lipinski definition) is 4. The standard InChI is InChI=1S/C14H18F3N5/c1-2-3-10-5-7-21(8-10)9-11-4-6-18-22-12(11)19-20-13(22)14(15,16)17/h4,6,10H,2-3,5,7-9H2,1H3. The number of aromatic nitrogens is 4. The van der Waals surface area contributed by atoms with E-state index in [0.29, 0.717) is 12.5 Å². The van der Waals surface area contributed by atoms with Crippen LogP contribution in [0.15, 0.2) is 12.3 Å². The number of hydrogen-bond donors (Lipinski definition) is 0. The average molecular weight is 313 g/mol. The molecule has 1 atom stereocenters. The third kappa shape index (κ3) is 2.92. The quantitative estimate of drug-likeness (QED) is 0.871. The summed E-state index contributed by atoms with van der Waals surface area (Å²) in [5.74, 6) is -0.388. The SMILES string of the molecule is CCCC1CCN(Cc2ccnn3c(C(F)(F)F)nnc23)C1. The molecular weight excluding hydrogens is 295 g/mol. The Bertz CT molecular complexity index is 651. The highest BCUT2D eigenvalue weighted by Gasteiger charge is 2.38. The summed E-state index contributed by atoms with van der Waals surface area (Å²) in [6, 6.07) is 1.72. The highest BCUT2D eigenvalue weighted by atomic mass is 19.4. The predicted molar refractivity (Wildman–Crippen MR) is 74.1 cm³/mol. The van der Waals surface area contributed by atoms with E-state index >= 15 is 0 Å². The zero-order chi connectivity index (χ0) is 15.7. The van der Waals surface area contributed by atoms with Crippen LogP contribution in [0.4, 0.5) is 13.2 Å². The lowest BCUT2D eigenvalue weighted by molar-refractivity contribution is -0.146. The van der Waals surface area contributed by atoms with E-state index in [9.17, 15) is 13.2 Å². The Morgan fingerprint density at radius 2 is 2.14 bits per heavy atom. The molecule has 0 amide bonds. The van der Waals surface area contributed by atoms with Gasteiger partial charge in [0.1, 0.15) is 0 Å². The van der Waals surface area contributed by atoms with Crippen molar-refractivity contribution in [2.45, 2.75) is 38.9 Å². The molecule has 3 heterocycles. The van der Waals surface area contributed by atoms with E-state index in [1.807, 2.05) is 0 Å². The monoisotopic (exact) mass is 313 g/mol. The first kappa shape index (κ1) is 15.2. The largest absolute Gasteiger partial charge is 0.453 e. The van der Waals surface area contributed by atoms with Crippen LogP contribution < -0.4 is 0 Å². The van der Waals surface area contributed by atoms with Gasteiger partial charge in [0.25, 0.3) is 5.82 Å². The van der Waals surface area contributed by atoms with Crippen molar-refractivity contribution in [3.8, 4) is 0 Å². The molecule has 3 rings (SSSR count). The lowest BCUT2D eigenvalue weighted by Gasteiger charge is -2.16. The van der Waals surface area contributed by atoms with Crippen LogP contribution in [0.1, 0.15) is 37.6 Å². The van der Waals surface area contributed by atoms with Crippen LogP contribution in [0, 0.1) is 5.92 Å². The third-order valence-electron chi connectivity index (χ3n) is 4.10. The van der Waals surface area contributed by atoms with Crippen molar-refractivity contribution in [3.63, 3.8) is 0 Å². The Hall–Kier alpha value is -1.70. The fourth-order valence-corrected chi connectivity index (χ4v) is 3.10. The second-order valence-electron chi connectivity index (χ2n) is 5.79. The second-order valence-corrected chi connectivity index (χ2v) is 5.79. The minimum absolute atomic E-state index is 0.189. The van der Waals surface area contributed by atoms with Crippen molar-refractivity contribution in [3.05, 3.63) is 23.7 Å². The molecular formula is C14H18F3N5. The second kappa shape index (κ2) is 5.83. The molecule has 0 N–H and O–H groups in total. The molecule has 5 nitrogen and oxygen atoms in total. The third-order valence-corrected chi connectivity index (χ3v) is 4.10. The summed E-state index contributed by atoms with van der Waals surface area (Å²) in [6.07, 6.45) is 0.337. The molecule has 22 heavy (non-hydrogen) atoms. The normalized spacial score (nSPS) is 20.1. The zero-order valence-electron chi connectivity index (χ0n) is 12.3. The van der Waals surface area contributed by atoms with Crippen LogP contribution in [0.2, 0.25) is 0 Å². The Morgan fingerprint density at radius 3 is 2.86 bits per heavy atom. The van der Waals surface area contributed by atoms with Crippen LogP contribution in [0.3, 0.4) is 0 Å². The van der Waals surface area contributed by atoms with Gasteiger partial charge in [-0.1, -0.05) is 13.3 Å². The van der Waals surface area contributed by atoms with Gasteiger partial charge < -0.3 is 0 Å². The topological polar surface area (TPSA) is 46.3 Å². The Labute approximate surface area is 126 Å². The number of rotatable bonds is 4. The van der Waals surface area contributed by atoms with E-state index in [0.717, 1.165) is 36.0 Å². The molecule has 0 aromatic carbocycles. The number of nitrogens with zero attached hydrogens (tertiary/aromatic N) is 5. The van der Waals surface area contributed by atoms with Gasteiger partial charge in [-0.05, 0) is 31.4 Å². The van der Waals surface area contributed by atoms with E-state index in [1.165, 1.54) is 12.6 Å². The highest BCUT2D eigenvalue weighted by molar-refractivity contribution is 5.45. The summed E-state index contributed by atoms with van der Waals surface area (Å²) in [6.45, 7) is 4.72. The Kier molecular flexibility index (Phi) is 4.03. The van der Waals surface area contributed by atoms with Gasteiger partial charge in [-0.2, -0.15) is 22.8 Å². The van der Waals surface area contributed by atoms with Crippen molar-refractivity contribution in [1.82, 2.24) is 24.7 Å². The van der Waals surface area contributed by atoms with Crippen LogP contribution in [0.25, 0.3) is 5.65 Å². The maximum absolute atomic E-state index is 12.9. The van der Waals surface area contributed by atoms with Gasteiger partial charge >= 0.3 is 6.18 Å². The van der Waals surface area contributed by atoms with Crippen LogP contribution >= 0.6 is 0 Å². The van der Waals surface area contributed by atoms with Crippen molar-refractivity contribution >= 4 is 5.65 Å². The van der Waals surface area contributed by atoms with E-state index < -0.39 is 12.0 Å². The summed E-state index contributed by atoms with van der Waals surface area (Å²) < 4.78 is 39.3. The molecule has 1 aliphatic heterocycles. The fraction of sp³-hybridized carbons (Fsp3) is 0.643. The van der Waals surface area contributed by atoms with Crippen molar-refractivity contribution in [2.24, 2.45) is 5.92 Å². The van der Waals surface area contributed by atoms with Gasteiger partial charge in [0.15, 0.2) is 5.65 Å². The summed E-state index contributed by atoms with van der Waals surface area (Å²) in [7, 11) is 0. The van der Waals surface area contributed by atoms with E-state index in [2.05, 4.69) is 27.1 Å². The lowest BCUT2D eigenvalue weighted by Crippen LogP contribution is -2.21. The summed E-state index contributed by atoms with van der Waals surface area (Å²) in [5, 5.41) is 10.7. The first-order valence-electron chi connectivity index (χ1n) is 7.48. The molecule has 0 radical (unpaired) electrons. The van der Waals surface area contributed by atoms with Crippen molar-refractivity contribution in [2.75, 3.05) is 13.1 Å². The Balaban J connectivity index is 1.82. The molecule has 8 heteroatoms. The van der Waals surface area contributed by atoms with E-state index in [4.69, 9.17) is 0 Å². The molecule has 0 saturated carbocycles. The smallest absolute Gasteiger partial charge is 0.299 e. The molecule has 0 bridgehead atoms. The van der Waals surface area contributed by atoms with Gasteiger partial charge in [0.2, 0.25) is 0 Å². The summed E-state index contributed by atoms with van der Waals surface area (Å²) in [4.78, 5) is 2.26. The van der Waals surface area contributed by atoms with Gasteiger partial charge in [0.05, 0.1) is 0 Å². The summed E-state index contributed by atoms with van der Waals surface area (Å²) >= 11 is 0. The maximum atomic E-state index is 12.9. The first-order valence-corrected chi connectivity index (χ1v) is 7.48. The molecule has 1 fully saturated rings. The molecule has 2 aromatic heterocycles. The minimum atomic E-state index is -4.55. The van der Waals surface area contributed by atoms with Crippen LogP contribution in [-0.2, 0) is 12.7 Å². The van der Waals surface area contributed by atoms with Gasteiger partial charge in [-0.25, -0.2) is 0 Å². The van der Waals surface area contributed by atoms with Crippen molar-refractivity contribution in [1.29, 1.82) is 0 Å². The summed E-state index contributed by atoms with van der Waals surface area (Å²) in [5.41, 5.74) is 0.920. The zero-order valence-corrected chi connectivity index (χ0v) is 12.3. The molecule has 2 aromatic rings. The van der Waals surface area contributed by atoms with Gasteiger partial charge in [-0.3, -0.25) is 4.90 Å². The molecule has 1 unspecified atom stereocenters. The van der Waals surface area contributed by atoms with Crippen LogP contribution in [-0.4, -0.2) is 37.8 Å². The molecule has 1 aliphatic rings. The minimum Gasteiger partial charge on any atom is -0.299 e. The van der Waals surface area contributed by atoms with Gasteiger partial charge in [-0.15, -0.1) is 10.2 Å². The number of fused-ring (bicyclic) bond motifs is 1. The molecule has 120 valence electrons. The average Bonchev–Trinajstić information content (AvgIpc) is 3.06. The van der Waals surface area contributed by atoms with E-state index in [1.54, 1.807) is 6.07 Å². The van der Waals surface area contributed by atoms with Crippen molar-refractivity contribution < 1.29 is 13.2 Å².